The fourth-order valence-corrected chi connectivity index (χ4v) is 1.71. The molecular weight excluding hydrogens is 196 g/mol. The molecule has 4 nitrogen and oxygen atoms in total. The number of phenols is 1. The third kappa shape index (κ3) is 1.66. The second kappa shape index (κ2) is 3.31. The van der Waals surface area contributed by atoms with E-state index in [2.05, 4.69) is 0 Å². The summed E-state index contributed by atoms with van der Waals surface area (Å²) < 4.78 is 0. The molecule has 1 unspecified atom stereocenters. The number of hydrogen-bond donors (Lipinski definition) is 3. The van der Waals surface area contributed by atoms with Gasteiger partial charge in [0.2, 0.25) is 0 Å². The van der Waals surface area contributed by atoms with Gasteiger partial charge < -0.3 is 15.3 Å². The summed E-state index contributed by atoms with van der Waals surface area (Å²) in [6.45, 7) is 0. The van der Waals surface area contributed by atoms with Crippen LogP contribution in [0.25, 0.3) is 6.08 Å². The lowest BCUT2D eigenvalue weighted by atomic mass is 9.88. The van der Waals surface area contributed by atoms with E-state index in [0.717, 1.165) is 11.1 Å². The van der Waals surface area contributed by atoms with Gasteiger partial charge in [-0.15, -0.1) is 0 Å². The van der Waals surface area contributed by atoms with Crippen LogP contribution in [0.3, 0.4) is 0 Å². The van der Waals surface area contributed by atoms with Crippen molar-refractivity contribution in [2.45, 2.75) is 6.42 Å². The van der Waals surface area contributed by atoms with E-state index in [9.17, 15) is 15.0 Å². The molecule has 3 N–H and O–H groups in total. The number of aliphatic hydroxyl groups is 1. The van der Waals surface area contributed by atoms with E-state index in [1.807, 2.05) is 0 Å². The van der Waals surface area contributed by atoms with Crippen molar-refractivity contribution in [1.82, 2.24) is 0 Å². The Labute approximate surface area is 86.1 Å². The molecule has 1 aliphatic carbocycles. The van der Waals surface area contributed by atoms with Crippen LogP contribution in [-0.4, -0.2) is 21.3 Å². The number of rotatable bonds is 1. The smallest absolute Gasteiger partial charge is 0.314 e. The summed E-state index contributed by atoms with van der Waals surface area (Å²) in [4.78, 5) is 10.8. The maximum atomic E-state index is 10.8. The quantitative estimate of drug-likeness (QED) is 0.651. The van der Waals surface area contributed by atoms with Crippen LogP contribution in [0, 0.1) is 5.92 Å². The van der Waals surface area contributed by atoms with Crippen LogP contribution < -0.4 is 0 Å². The van der Waals surface area contributed by atoms with Crippen LogP contribution in [0.5, 0.6) is 5.75 Å². The van der Waals surface area contributed by atoms with Gasteiger partial charge in [0.15, 0.2) is 0 Å². The zero-order valence-corrected chi connectivity index (χ0v) is 7.84. The standard InChI is InChI=1S/C11H10O4/c12-8-2-1-6-5-10(13)9(11(14)15)4-7(6)3-8/h1-3,5,9,12-13H,4H2,(H,14,15). The van der Waals surface area contributed by atoms with E-state index in [4.69, 9.17) is 5.11 Å². The fourth-order valence-electron chi connectivity index (χ4n) is 1.71. The van der Waals surface area contributed by atoms with Gasteiger partial charge in [0.1, 0.15) is 17.4 Å². The van der Waals surface area contributed by atoms with Crippen molar-refractivity contribution in [3.05, 3.63) is 35.1 Å². The highest BCUT2D eigenvalue weighted by Crippen LogP contribution is 2.29. The van der Waals surface area contributed by atoms with E-state index in [-0.39, 0.29) is 17.9 Å². The van der Waals surface area contributed by atoms with Crippen LogP contribution in [0.4, 0.5) is 0 Å². The van der Waals surface area contributed by atoms with E-state index in [1.165, 1.54) is 18.2 Å². The minimum atomic E-state index is -1.06. The molecule has 4 heteroatoms. The summed E-state index contributed by atoms with van der Waals surface area (Å²) in [6.07, 6.45) is 1.64. The molecule has 0 aromatic heterocycles. The Hall–Kier alpha value is -1.97. The number of phenolic OH excluding ortho intramolecular Hbond substituents is 1. The topological polar surface area (TPSA) is 77.8 Å². The number of carboxylic acids is 1. The number of carbonyl (C=O) groups is 1. The molecule has 78 valence electrons. The Morgan fingerprint density at radius 2 is 2.07 bits per heavy atom. The highest BCUT2D eigenvalue weighted by atomic mass is 16.4. The summed E-state index contributed by atoms with van der Waals surface area (Å²) >= 11 is 0. The maximum absolute atomic E-state index is 10.8. The van der Waals surface area contributed by atoms with Crippen molar-refractivity contribution in [1.29, 1.82) is 0 Å². The highest BCUT2D eigenvalue weighted by Gasteiger charge is 2.27. The Balaban J connectivity index is 2.45. The molecule has 1 atom stereocenters. The lowest BCUT2D eigenvalue weighted by Gasteiger charge is -2.19. The van der Waals surface area contributed by atoms with Gasteiger partial charge in [-0.2, -0.15) is 0 Å². The molecule has 0 fully saturated rings. The molecule has 0 bridgehead atoms. The molecule has 1 aliphatic rings. The van der Waals surface area contributed by atoms with E-state index in [0.29, 0.717) is 0 Å². The first-order chi connectivity index (χ1) is 7.08. The summed E-state index contributed by atoms with van der Waals surface area (Å²) in [5.41, 5.74) is 1.49. The van der Waals surface area contributed by atoms with Gasteiger partial charge in [0.25, 0.3) is 0 Å². The monoisotopic (exact) mass is 206 g/mol. The average molecular weight is 206 g/mol. The predicted molar refractivity (Wildman–Crippen MR) is 53.5 cm³/mol. The Morgan fingerprint density at radius 1 is 1.33 bits per heavy atom. The third-order valence-corrected chi connectivity index (χ3v) is 2.51. The lowest BCUT2D eigenvalue weighted by Crippen LogP contribution is -2.21. The molecule has 0 saturated carbocycles. The zero-order chi connectivity index (χ0) is 11.0. The van der Waals surface area contributed by atoms with Crippen molar-refractivity contribution >= 4 is 12.0 Å². The maximum Gasteiger partial charge on any atom is 0.314 e. The molecule has 0 heterocycles. The first-order valence-corrected chi connectivity index (χ1v) is 4.53. The summed E-state index contributed by atoms with van der Waals surface area (Å²) in [7, 11) is 0. The molecule has 0 aliphatic heterocycles. The molecule has 0 saturated heterocycles. The first-order valence-electron chi connectivity index (χ1n) is 4.53. The largest absolute Gasteiger partial charge is 0.511 e. The van der Waals surface area contributed by atoms with Gasteiger partial charge in [-0.1, -0.05) is 6.07 Å². The van der Waals surface area contributed by atoms with Gasteiger partial charge >= 0.3 is 5.97 Å². The number of aliphatic carboxylic acids is 1. The predicted octanol–water partition coefficient (Wildman–Crippen LogP) is 1.55. The van der Waals surface area contributed by atoms with Gasteiger partial charge in [0.05, 0.1) is 0 Å². The van der Waals surface area contributed by atoms with Crippen LogP contribution >= 0.6 is 0 Å². The second-order valence-corrected chi connectivity index (χ2v) is 3.55. The van der Waals surface area contributed by atoms with Gasteiger partial charge in [-0.25, -0.2) is 0 Å². The number of aromatic hydroxyl groups is 1. The molecule has 15 heavy (non-hydrogen) atoms. The third-order valence-electron chi connectivity index (χ3n) is 2.51. The Kier molecular flexibility index (Phi) is 2.11. The van der Waals surface area contributed by atoms with Crippen molar-refractivity contribution in [2.24, 2.45) is 5.92 Å². The Bertz CT molecular complexity index is 448. The van der Waals surface area contributed by atoms with Crippen molar-refractivity contribution in [3.8, 4) is 5.75 Å². The van der Waals surface area contributed by atoms with E-state index >= 15 is 0 Å². The van der Waals surface area contributed by atoms with Gasteiger partial charge in [0, 0.05) is 0 Å². The Morgan fingerprint density at radius 3 is 2.73 bits per heavy atom. The van der Waals surface area contributed by atoms with E-state index in [1.54, 1.807) is 6.07 Å². The number of benzene rings is 1. The SMILES string of the molecule is O=C(O)C1Cc2cc(O)ccc2C=C1O. The average Bonchev–Trinajstić information content (AvgIpc) is 2.17. The van der Waals surface area contributed by atoms with Crippen LogP contribution in [0.15, 0.2) is 24.0 Å². The first kappa shape index (κ1) is 9.58. The number of fused-ring (bicyclic) bond motifs is 1. The molecular formula is C11H10O4. The normalized spacial score (nSPS) is 19.2. The molecule has 0 radical (unpaired) electrons. The molecule has 0 spiro atoms. The minimum Gasteiger partial charge on any atom is -0.511 e. The minimum absolute atomic E-state index is 0.104. The number of hydrogen-bond acceptors (Lipinski definition) is 3. The van der Waals surface area contributed by atoms with Gasteiger partial charge in [-0.3, -0.25) is 4.79 Å². The molecule has 1 aromatic carbocycles. The molecule has 1 aromatic rings. The number of carboxylic acid groups (broad SMARTS) is 1. The summed E-state index contributed by atoms with van der Waals surface area (Å²) in [6, 6.07) is 4.68. The van der Waals surface area contributed by atoms with Crippen molar-refractivity contribution in [3.63, 3.8) is 0 Å². The van der Waals surface area contributed by atoms with Crippen LogP contribution in [-0.2, 0) is 11.2 Å². The zero-order valence-electron chi connectivity index (χ0n) is 7.84. The molecule has 2 rings (SSSR count). The summed E-state index contributed by atoms with van der Waals surface area (Å²) in [5, 5.41) is 27.6. The fraction of sp³-hybridized carbons (Fsp3) is 0.182. The second-order valence-electron chi connectivity index (χ2n) is 3.55. The number of aliphatic hydroxyl groups excluding tert-OH is 1. The summed E-state index contributed by atoms with van der Waals surface area (Å²) in [5.74, 6) is -1.99. The lowest BCUT2D eigenvalue weighted by molar-refractivity contribution is -0.141. The van der Waals surface area contributed by atoms with E-state index < -0.39 is 11.9 Å². The highest BCUT2D eigenvalue weighted by molar-refractivity contribution is 5.78. The van der Waals surface area contributed by atoms with Crippen LogP contribution in [0.1, 0.15) is 11.1 Å². The van der Waals surface area contributed by atoms with Crippen molar-refractivity contribution in [2.75, 3.05) is 0 Å². The van der Waals surface area contributed by atoms with Gasteiger partial charge in [-0.05, 0) is 35.8 Å². The van der Waals surface area contributed by atoms with Crippen molar-refractivity contribution < 1.29 is 20.1 Å². The van der Waals surface area contributed by atoms with Crippen LogP contribution in [0.2, 0.25) is 0 Å². The molecule has 0 amide bonds.